The highest BCUT2D eigenvalue weighted by atomic mass is 79.9. The molecule has 0 fully saturated rings. The zero-order valence-corrected chi connectivity index (χ0v) is 11.3. The molecule has 13 heavy (non-hydrogen) atoms. The summed E-state index contributed by atoms with van der Waals surface area (Å²) in [6, 6.07) is 2.13. The summed E-state index contributed by atoms with van der Waals surface area (Å²) in [6.45, 7) is 5.85. The van der Waals surface area contributed by atoms with Gasteiger partial charge in [-0.15, -0.1) is 17.9 Å². The van der Waals surface area contributed by atoms with Gasteiger partial charge in [0, 0.05) is 15.4 Å². The smallest absolute Gasteiger partial charge is 0.0843 e. The van der Waals surface area contributed by atoms with E-state index < -0.39 is 0 Å². The molecule has 1 aromatic heterocycles. The maximum atomic E-state index is 5.99. The Morgan fingerprint density at radius 1 is 1.69 bits per heavy atom. The molecule has 0 spiro atoms. The Morgan fingerprint density at radius 2 is 2.31 bits per heavy atom. The molecule has 1 rings (SSSR count). The van der Waals surface area contributed by atoms with E-state index in [1.807, 2.05) is 6.92 Å². The maximum absolute atomic E-state index is 5.99. The van der Waals surface area contributed by atoms with Gasteiger partial charge >= 0.3 is 0 Å². The Kier molecular flexibility index (Phi) is 4.16. The molecule has 0 saturated carbocycles. The van der Waals surface area contributed by atoms with Crippen LogP contribution in [0, 0.1) is 0 Å². The molecule has 0 unspecified atom stereocenters. The van der Waals surface area contributed by atoms with Gasteiger partial charge in [-0.2, -0.15) is 0 Å². The van der Waals surface area contributed by atoms with Crippen LogP contribution in [0.25, 0.3) is 0 Å². The lowest BCUT2D eigenvalue weighted by Gasteiger charge is -2.07. The van der Waals surface area contributed by atoms with Crippen LogP contribution in [-0.2, 0) is 0 Å². The van der Waals surface area contributed by atoms with Crippen molar-refractivity contribution in [1.82, 2.24) is 0 Å². The molecule has 0 radical (unpaired) electrons. The van der Waals surface area contributed by atoms with Crippen LogP contribution in [0.4, 0.5) is 0 Å². The molecule has 0 amide bonds. The summed E-state index contributed by atoms with van der Waals surface area (Å²) in [5.41, 5.74) is 7.10. The molecule has 1 atom stereocenters. The first-order valence-corrected chi connectivity index (χ1v) is 6.25. The van der Waals surface area contributed by atoms with Crippen molar-refractivity contribution in [2.24, 2.45) is 5.73 Å². The van der Waals surface area contributed by atoms with E-state index in [2.05, 4.69) is 44.5 Å². The van der Waals surface area contributed by atoms with Gasteiger partial charge in [-0.3, -0.25) is 0 Å². The van der Waals surface area contributed by atoms with E-state index in [0.717, 1.165) is 20.3 Å². The van der Waals surface area contributed by atoms with Crippen molar-refractivity contribution in [2.75, 3.05) is 0 Å². The molecule has 0 aromatic carbocycles. The number of halogens is 2. The fraction of sp³-hybridized carbons (Fsp3) is 0.333. The van der Waals surface area contributed by atoms with E-state index >= 15 is 0 Å². The van der Waals surface area contributed by atoms with Crippen molar-refractivity contribution < 1.29 is 0 Å². The van der Waals surface area contributed by atoms with E-state index in [4.69, 9.17) is 5.73 Å². The Balaban J connectivity index is 2.77. The summed E-state index contributed by atoms with van der Waals surface area (Å²) in [4.78, 5) is 1.18. The number of rotatable bonds is 3. The van der Waals surface area contributed by atoms with Crippen molar-refractivity contribution >= 4 is 43.2 Å². The fourth-order valence-corrected chi connectivity index (χ4v) is 3.11. The third-order valence-corrected chi connectivity index (χ3v) is 4.99. The van der Waals surface area contributed by atoms with Crippen molar-refractivity contribution in [1.29, 1.82) is 0 Å². The lowest BCUT2D eigenvalue weighted by Crippen LogP contribution is -2.08. The van der Waals surface area contributed by atoms with E-state index in [9.17, 15) is 0 Å². The summed E-state index contributed by atoms with van der Waals surface area (Å²) in [5.74, 6) is 0. The highest BCUT2D eigenvalue weighted by Crippen LogP contribution is 2.36. The zero-order valence-electron chi connectivity index (χ0n) is 7.31. The van der Waals surface area contributed by atoms with Crippen LogP contribution in [-0.4, -0.2) is 0 Å². The highest BCUT2D eigenvalue weighted by Gasteiger charge is 2.11. The van der Waals surface area contributed by atoms with Gasteiger partial charge in [0.25, 0.3) is 0 Å². The topological polar surface area (TPSA) is 26.0 Å². The first-order valence-electron chi connectivity index (χ1n) is 3.85. The van der Waals surface area contributed by atoms with Crippen LogP contribution in [0.3, 0.4) is 0 Å². The Labute approximate surface area is 99.3 Å². The van der Waals surface area contributed by atoms with E-state index in [1.54, 1.807) is 11.3 Å². The largest absolute Gasteiger partial charge is 0.323 e. The van der Waals surface area contributed by atoms with Crippen LogP contribution in [0.15, 0.2) is 26.5 Å². The molecule has 1 heterocycles. The van der Waals surface area contributed by atoms with E-state index in [0.29, 0.717) is 0 Å². The number of hydrogen-bond acceptors (Lipinski definition) is 2. The van der Waals surface area contributed by atoms with Gasteiger partial charge in [0.05, 0.1) is 3.79 Å². The lowest BCUT2D eigenvalue weighted by atomic mass is 10.1. The third kappa shape index (κ3) is 3.20. The highest BCUT2D eigenvalue weighted by molar-refractivity contribution is 9.13. The zero-order chi connectivity index (χ0) is 10.0. The standard InChI is InChI=1S/C9H11Br2NS/c1-5(2)3-7(12)8-4-6(10)9(11)13-8/h4,7H,1,3,12H2,2H3/t7-/m0/s1. The minimum absolute atomic E-state index is 0.0742. The summed E-state index contributed by atoms with van der Waals surface area (Å²) >= 11 is 8.55. The molecule has 0 aliphatic carbocycles. The molecular formula is C9H11Br2NS. The summed E-state index contributed by atoms with van der Waals surface area (Å²) in [7, 11) is 0. The van der Waals surface area contributed by atoms with Gasteiger partial charge in [0.15, 0.2) is 0 Å². The van der Waals surface area contributed by atoms with Gasteiger partial charge in [-0.1, -0.05) is 5.57 Å². The maximum Gasteiger partial charge on any atom is 0.0843 e. The van der Waals surface area contributed by atoms with Gasteiger partial charge in [-0.05, 0) is 51.3 Å². The molecular weight excluding hydrogens is 314 g/mol. The molecule has 72 valence electrons. The normalized spacial score (nSPS) is 12.9. The van der Waals surface area contributed by atoms with Crippen LogP contribution < -0.4 is 5.73 Å². The molecule has 0 saturated heterocycles. The molecule has 2 N–H and O–H groups in total. The summed E-state index contributed by atoms with van der Waals surface area (Å²) in [6.07, 6.45) is 0.847. The first kappa shape index (κ1) is 11.4. The van der Waals surface area contributed by atoms with Gasteiger partial charge in [-0.25, -0.2) is 0 Å². The van der Waals surface area contributed by atoms with Crippen LogP contribution >= 0.6 is 43.2 Å². The average molecular weight is 325 g/mol. The summed E-state index contributed by atoms with van der Waals surface area (Å²) < 4.78 is 2.17. The Bertz CT molecular complexity index is 300. The minimum Gasteiger partial charge on any atom is -0.323 e. The van der Waals surface area contributed by atoms with Crippen LogP contribution in [0.1, 0.15) is 24.3 Å². The Morgan fingerprint density at radius 3 is 2.69 bits per heavy atom. The second-order valence-corrected chi connectivity index (χ2v) is 6.29. The molecule has 1 aromatic rings. The van der Waals surface area contributed by atoms with Crippen molar-refractivity contribution in [2.45, 2.75) is 19.4 Å². The lowest BCUT2D eigenvalue weighted by molar-refractivity contribution is 0.731. The van der Waals surface area contributed by atoms with Crippen LogP contribution in [0.2, 0.25) is 0 Å². The first-order chi connectivity index (χ1) is 6.00. The monoisotopic (exact) mass is 323 g/mol. The van der Waals surface area contributed by atoms with Crippen molar-refractivity contribution in [3.63, 3.8) is 0 Å². The molecule has 1 nitrogen and oxygen atoms in total. The van der Waals surface area contributed by atoms with E-state index in [-0.39, 0.29) is 6.04 Å². The third-order valence-electron chi connectivity index (χ3n) is 1.60. The minimum atomic E-state index is 0.0742. The fourth-order valence-electron chi connectivity index (χ4n) is 1.02. The average Bonchev–Trinajstić information content (AvgIpc) is 2.31. The van der Waals surface area contributed by atoms with Gasteiger partial charge < -0.3 is 5.73 Å². The van der Waals surface area contributed by atoms with Gasteiger partial charge in [0.2, 0.25) is 0 Å². The van der Waals surface area contributed by atoms with E-state index in [1.165, 1.54) is 4.88 Å². The van der Waals surface area contributed by atoms with Crippen LogP contribution in [0.5, 0.6) is 0 Å². The number of hydrogen-bond donors (Lipinski definition) is 1. The molecule has 0 aliphatic rings. The molecule has 4 heteroatoms. The van der Waals surface area contributed by atoms with Crippen molar-refractivity contribution in [3.8, 4) is 0 Å². The molecule has 0 bridgehead atoms. The molecule has 0 aliphatic heterocycles. The van der Waals surface area contributed by atoms with Gasteiger partial charge in [0.1, 0.15) is 0 Å². The summed E-state index contributed by atoms with van der Waals surface area (Å²) in [5, 5.41) is 0. The SMILES string of the molecule is C=C(C)C[C@H](N)c1cc(Br)c(Br)s1. The Hall–Kier alpha value is 0.360. The second kappa shape index (κ2) is 4.73. The predicted molar refractivity (Wildman–Crippen MR) is 66.1 cm³/mol. The van der Waals surface area contributed by atoms with Crippen molar-refractivity contribution in [3.05, 3.63) is 31.4 Å². The number of thiophene rings is 1. The quantitative estimate of drug-likeness (QED) is 0.827. The predicted octanol–water partition coefficient (Wildman–Crippen LogP) is 4.24. The number of nitrogens with two attached hydrogens (primary N) is 1. The second-order valence-electron chi connectivity index (χ2n) is 3.04.